The van der Waals surface area contributed by atoms with Crippen LogP contribution >= 0.6 is 0 Å². The fourth-order valence-corrected chi connectivity index (χ4v) is 3.74. The molecule has 4 heteroatoms. The topological polar surface area (TPSA) is 52.9 Å². The van der Waals surface area contributed by atoms with Crippen LogP contribution in [0.15, 0.2) is 0 Å². The van der Waals surface area contributed by atoms with Crippen LogP contribution in [0.25, 0.3) is 0 Å². The average Bonchev–Trinajstić information content (AvgIpc) is 2.48. The lowest BCUT2D eigenvalue weighted by molar-refractivity contribution is -0.0915. The summed E-state index contributed by atoms with van der Waals surface area (Å²) in [5, 5.41) is 19.8. The molecule has 0 amide bonds. The number of piperidine rings is 1. The fourth-order valence-electron chi connectivity index (χ4n) is 3.74. The van der Waals surface area contributed by atoms with E-state index >= 15 is 0 Å². The lowest BCUT2D eigenvalue weighted by atomic mass is 9.83. The van der Waals surface area contributed by atoms with Crippen molar-refractivity contribution in [1.29, 1.82) is 0 Å². The third-order valence-electron chi connectivity index (χ3n) is 4.83. The second-order valence-electron chi connectivity index (χ2n) is 7.31. The molecule has 0 aromatic rings. The highest BCUT2D eigenvalue weighted by atomic mass is 16.5. The van der Waals surface area contributed by atoms with Crippen LogP contribution < -0.4 is 0 Å². The average molecular weight is 271 g/mol. The van der Waals surface area contributed by atoms with E-state index in [1.165, 1.54) is 0 Å². The Hall–Kier alpha value is -0.160. The summed E-state index contributed by atoms with van der Waals surface area (Å²) in [5.74, 6) is 0.518. The molecular weight excluding hydrogens is 242 g/mol. The first kappa shape index (κ1) is 15.2. The molecule has 0 saturated carbocycles. The molecule has 0 aromatic carbocycles. The van der Waals surface area contributed by atoms with Crippen molar-refractivity contribution in [2.24, 2.45) is 11.8 Å². The zero-order valence-corrected chi connectivity index (χ0v) is 12.7. The molecule has 2 rings (SSSR count). The number of hydrogen-bond donors (Lipinski definition) is 2. The molecule has 2 aliphatic rings. The smallest absolute Gasteiger partial charge is 0.0896 e. The summed E-state index contributed by atoms with van der Waals surface area (Å²) in [6.07, 6.45) is 1.82. The van der Waals surface area contributed by atoms with Crippen LogP contribution in [0.2, 0.25) is 0 Å². The van der Waals surface area contributed by atoms with Gasteiger partial charge in [-0.2, -0.15) is 0 Å². The van der Waals surface area contributed by atoms with E-state index in [-0.39, 0.29) is 18.1 Å². The van der Waals surface area contributed by atoms with Gasteiger partial charge in [-0.15, -0.1) is 0 Å². The molecule has 2 N–H and O–H groups in total. The van der Waals surface area contributed by atoms with Crippen molar-refractivity contribution in [1.82, 2.24) is 4.90 Å². The van der Waals surface area contributed by atoms with Crippen LogP contribution in [0.4, 0.5) is 0 Å². The SMILES string of the molecule is CC1(C)OC(C)(C)C(CN2CCCC(CO)C2)C1O. The van der Waals surface area contributed by atoms with E-state index in [9.17, 15) is 10.2 Å². The summed E-state index contributed by atoms with van der Waals surface area (Å²) in [6.45, 7) is 11.2. The number of nitrogens with zero attached hydrogens (tertiary/aromatic N) is 1. The standard InChI is InChI=1S/C15H29NO3/c1-14(2)12(13(18)15(3,4)19-14)9-16-7-5-6-11(8-16)10-17/h11-13,17-18H,5-10H2,1-4H3. The first-order valence-corrected chi connectivity index (χ1v) is 7.48. The Labute approximate surface area is 116 Å². The predicted octanol–water partition coefficient (Wildman–Crippen LogP) is 1.26. The molecule has 3 atom stereocenters. The van der Waals surface area contributed by atoms with Gasteiger partial charge in [0.05, 0.1) is 17.3 Å². The van der Waals surface area contributed by atoms with Gasteiger partial charge in [0.25, 0.3) is 0 Å². The van der Waals surface area contributed by atoms with Crippen molar-refractivity contribution in [3.63, 3.8) is 0 Å². The van der Waals surface area contributed by atoms with Gasteiger partial charge in [-0.25, -0.2) is 0 Å². The molecule has 19 heavy (non-hydrogen) atoms. The molecule has 3 unspecified atom stereocenters. The van der Waals surface area contributed by atoms with Crippen LogP contribution in [-0.2, 0) is 4.74 Å². The van der Waals surface area contributed by atoms with Gasteiger partial charge in [0.15, 0.2) is 0 Å². The van der Waals surface area contributed by atoms with Gasteiger partial charge < -0.3 is 19.8 Å². The molecule has 2 aliphatic heterocycles. The summed E-state index contributed by atoms with van der Waals surface area (Å²) >= 11 is 0. The molecular formula is C15H29NO3. The van der Waals surface area contributed by atoms with Crippen LogP contribution in [0.5, 0.6) is 0 Å². The summed E-state index contributed by atoms with van der Waals surface area (Å²) in [4.78, 5) is 2.38. The van der Waals surface area contributed by atoms with Crippen LogP contribution in [-0.4, -0.2) is 58.7 Å². The van der Waals surface area contributed by atoms with Gasteiger partial charge in [0, 0.05) is 25.6 Å². The quantitative estimate of drug-likeness (QED) is 0.811. The normalized spacial score (nSPS) is 38.5. The van der Waals surface area contributed by atoms with Gasteiger partial charge in [-0.1, -0.05) is 0 Å². The predicted molar refractivity (Wildman–Crippen MR) is 75.0 cm³/mol. The molecule has 4 nitrogen and oxygen atoms in total. The van der Waals surface area contributed by atoms with Gasteiger partial charge in [-0.05, 0) is 53.0 Å². The Morgan fingerprint density at radius 2 is 1.89 bits per heavy atom. The molecule has 0 aliphatic carbocycles. The van der Waals surface area contributed by atoms with Crippen LogP contribution in [0.3, 0.4) is 0 Å². The molecule has 0 aromatic heterocycles. The maximum Gasteiger partial charge on any atom is 0.0896 e. The maximum atomic E-state index is 10.5. The number of aliphatic hydroxyl groups is 2. The third kappa shape index (κ3) is 3.13. The van der Waals surface area contributed by atoms with E-state index in [0.717, 1.165) is 32.5 Å². The minimum Gasteiger partial charge on any atom is -0.396 e. The minimum absolute atomic E-state index is 0.125. The molecule has 2 fully saturated rings. The van der Waals surface area contributed by atoms with Crippen LogP contribution in [0.1, 0.15) is 40.5 Å². The highest BCUT2D eigenvalue weighted by Crippen LogP contribution is 2.42. The first-order valence-electron chi connectivity index (χ1n) is 7.48. The third-order valence-corrected chi connectivity index (χ3v) is 4.83. The second-order valence-corrected chi connectivity index (χ2v) is 7.31. The number of hydrogen-bond acceptors (Lipinski definition) is 4. The first-order chi connectivity index (χ1) is 8.76. The number of aliphatic hydroxyl groups excluding tert-OH is 2. The Morgan fingerprint density at radius 1 is 1.21 bits per heavy atom. The summed E-state index contributed by atoms with van der Waals surface area (Å²) in [7, 11) is 0. The van der Waals surface area contributed by atoms with E-state index in [2.05, 4.69) is 18.7 Å². The van der Waals surface area contributed by atoms with Gasteiger partial charge in [0.2, 0.25) is 0 Å². The van der Waals surface area contributed by atoms with E-state index in [1.54, 1.807) is 0 Å². The van der Waals surface area contributed by atoms with E-state index < -0.39 is 11.7 Å². The number of rotatable bonds is 3. The molecule has 0 bridgehead atoms. The Bertz CT molecular complexity index is 317. The lowest BCUT2D eigenvalue weighted by Crippen LogP contribution is -2.46. The fraction of sp³-hybridized carbons (Fsp3) is 1.00. The molecule has 0 spiro atoms. The van der Waals surface area contributed by atoms with Crippen molar-refractivity contribution in [2.45, 2.75) is 57.8 Å². The van der Waals surface area contributed by atoms with Gasteiger partial charge in [0.1, 0.15) is 0 Å². The van der Waals surface area contributed by atoms with Crippen molar-refractivity contribution in [2.75, 3.05) is 26.2 Å². The van der Waals surface area contributed by atoms with E-state index in [0.29, 0.717) is 5.92 Å². The highest BCUT2D eigenvalue weighted by Gasteiger charge is 2.53. The maximum absolute atomic E-state index is 10.5. The summed E-state index contributed by atoms with van der Waals surface area (Å²) in [5.41, 5.74) is -0.768. The molecule has 2 heterocycles. The zero-order valence-electron chi connectivity index (χ0n) is 12.7. The molecule has 112 valence electrons. The molecule has 2 saturated heterocycles. The van der Waals surface area contributed by atoms with Crippen molar-refractivity contribution < 1.29 is 14.9 Å². The Morgan fingerprint density at radius 3 is 2.42 bits per heavy atom. The lowest BCUT2D eigenvalue weighted by Gasteiger charge is -2.37. The van der Waals surface area contributed by atoms with Gasteiger partial charge >= 0.3 is 0 Å². The monoisotopic (exact) mass is 271 g/mol. The van der Waals surface area contributed by atoms with E-state index in [1.807, 2.05) is 13.8 Å². The Balaban J connectivity index is 2.01. The Kier molecular flexibility index (Phi) is 4.26. The second kappa shape index (κ2) is 5.32. The minimum atomic E-state index is -0.472. The van der Waals surface area contributed by atoms with Crippen molar-refractivity contribution in [3.05, 3.63) is 0 Å². The van der Waals surface area contributed by atoms with Crippen LogP contribution in [0, 0.1) is 11.8 Å². The summed E-state index contributed by atoms with van der Waals surface area (Å²) < 4.78 is 6.03. The van der Waals surface area contributed by atoms with Gasteiger partial charge in [-0.3, -0.25) is 0 Å². The number of ether oxygens (including phenoxy) is 1. The van der Waals surface area contributed by atoms with E-state index in [4.69, 9.17) is 4.74 Å². The largest absolute Gasteiger partial charge is 0.396 e. The highest BCUT2D eigenvalue weighted by molar-refractivity contribution is 5.02. The zero-order chi connectivity index (χ0) is 14.3. The molecule has 0 radical (unpaired) electrons. The number of likely N-dealkylation sites (tertiary alicyclic amines) is 1. The van der Waals surface area contributed by atoms with Crippen molar-refractivity contribution >= 4 is 0 Å². The summed E-state index contributed by atoms with van der Waals surface area (Å²) in [6, 6.07) is 0. The van der Waals surface area contributed by atoms with Crippen molar-refractivity contribution in [3.8, 4) is 0 Å².